The minimum Gasteiger partial charge on any atom is -0.381 e. The van der Waals surface area contributed by atoms with Gasteiger partial charge in [-0.05, 0) is 49.0 Å². The summed E-state index contributed by atoms with van der Waals surface area (Å²) in [5.74, 6) is 1.56. The maximum atomic E-state index is 12.7. The molecule has 0 aromatic heterocycles. The maximum Gasteiger partial charge on any atom is 0.226 e. The van der Waals surface area contributed by atoms with E-state index in [9.17, 15) is 4.79 Å². The first kappa shape index (κ1) is 18.0. The lowest BCUT2D eigenvalue weighted by Gasteiger charge is -2.49. The Morgan fingerprint density at radius 1 is 1.12 bits per heavy atom. The van der Waals surface area contributed by atoms with Gasteiger partial charge in [-0.25, -0.2) is 0 Å². The van der Waals surface area contributed by atoms with Crippen LogP contribution in [0.3, 0.4) is 0 Å². The van der Waals surface area contributed by atoms with Gasteiger partial charge in [0.1, 0.15) is 0 Å². The molecule has 4 rings (SSSR count). The topological polar surface area (TPSA) is 38.8 Å². The van der Waals surface area contributed by atoms with Crippen molar-refractivity contribution in [3.05, 3.63) is 35.9 Å². The van der Waals surface area contributed by atoms with Crippen LogP contribution in [0.25, 0.3) is 0 Å². The van der Waals surface area contributed by atoms with E-state index in [4.69, 9.17) is 9.47 Å². The van der Waals surface area contributed by atoms with Gasteiger partial charge >= 0.3 is 0 Å². The van der Waals surface area contributed by atoms with Crippen molar-refractivity contribution in [2.75, 3.05) is 39.5 Å². The summed E-state index contributed by atoms with van der Waals surface area (Å²) in [4.78, 5) is 14.7. The number of piperidine rings is 1. The predicted octanol–water partition coefficient (Wildman–Crippen LogP) is 3.30. The first-order chi connectivity index (χ1) is 12.8. The first-order valence-corrected chi connectivity index (χ1v) is 10.2. The fourth-order valence-corrected chi connectivity index (χ4v) is 4.51. The third kappa shape index (κ3) is 4.29. The molecule has 1 unspecified atom stereocenters. The van der Waals surface area contributed by atoms with E-state index in [1.165, 1.54) is 12.8 Å². The van der Waals surface area contributed by atoms with Crippen molar-refractivity contribution in [3.8, 4) is 0 Å². The highest BCUT2D eigenvalue weighted by Gasteiger charge is 2.44. The molecule has 0 bridgehead atoms. The molecule has 3 aliphatic rings. The molecule has 0 N–H and O–H groups in total. The van der Waals surface area contributed by atoms with E-state index >= 15 is 0 Å². The maximum absolute atomic E-state index is 12.7. The molecule has 2 heterocycles. The van der Waals surface area contributed by atoms with Crippen molar-refractivity contribution in [3.63, 3.8) is 0 Å². The van der Waals surface area contributed by atoms with E-state index in [0.29, 0.717) is 17.8 Å². The monoisotopic (exact) mass is 357 g/mol. The van der Waals surface area contributed by atoms with Crippen LogP contribution in [0.4, 0.5) is 0 Å². The Balaban J connectivity index is 1.30. The van der Waals surface area contributed by atoms with Crippen molar-refractivity contribution in [1.82, 2.24) is 4.90 Å². The Hall–Kier alpha value is -1.39. The lowest BCUT2D eigenvalue weighted by atomic mass is 9.66. The summed E-state index contributed by atoms with van der Waals surface area (Å²) in [7, 11) is 0. The van der Waals surface area contributed by atoms with Gasteiger partial charge in [-0.3, -0.25) is 4.79 Å². The molecule has 1 saturated carbocycles. The zero-order valence-electron chi connectivity index (χ0n) is 15.7. The summed E-state index contributed by atoms with van der Waals surface area (Å²) in [5, 5.41) is 0. The minimum absolute atomic E-state index is 0.264. The molecule has 4 nitrogen and oxygen atoms in total. The number of hydrogen-bond donors (Lipinski definition) is 0. The van der Waals surface area contributed by atoms with Gasteiger partial charge in [-0.1, -0.05) is 30.3 Å². The predicted molar refractivity (Wildman–Crippen MR) is 101 cm³/mol. The number of hydrogen-bond acceptors (Lipinski definition) is 3. The summed E-state index contributed by atoms with van der Waals surface area (Å²) in [6.45, 7) is 5.19. The highest BCUT2D eigenvalue weighted by atomic mass is 16.5. The third-order valence-electron chi connectivity index (χ3n) is 6.61. The number of likely N-dealkylation sites (tertiary alicyclic amines) is 1. The fraction of sp³-hybridized carbons (Fsp3) is 0.682. The van der Waals surface area contributed by atoms with Crippen LogP contribution in [0.5, 0.6) is 0 Å². The highest BCUT2D eigenvalue weighted by Crippen LogP contribution is 2.45. The number of carbonyl (C=O) groups excluding carboxylic acids is 1. The zero-order valence-corrected chi connectivity index (χ0v) is 15.7. The average molecular weight is 357 g/mol. The van der Waals surface area contributed by atoms with Crippen LogP contribution in [0.15, 0.2) is 30.3 Å². The van der Waals surface area contributed by atoms with Gasteiger partial charge in [-0.2, -0.15) is 0 Å². The van der Waals surface area contributed by atoms with Crippen molar-refractivity contribution < 1.29 is 14.3 Å². The van der Waals surface area contributed by atoms with Crippen molar-refractivity contribution >= 4 is 5.91 Å². The van der Waals surface area contributed by atoms with Gasteiger partial charge in [0.05, 0.1) is 19.6 Å². The highest BCUT2D eigenvalue weighted by molar-refractivity contribution is 5.78. The smallest absolute Gasteiger partial charge is 0.226 e. The Bertz CT molecular complexity index is 591. The van der Waals surface area contributed by atoms with Crippen LogP contribution >= 0.6 is 0 Å². The molecule has 1 aromatic rings. The van der Waals surface area contributed by atoms with Crippen molar-refractivity contribution in [1.29, 1.82) is 0 Å². The first-order valence-electron chi connectivity index (χ1n) is 10.2. The second-order valence-electron chi connectivity index (χ2n) is 8.41. The lowest BCUT2D eigenvalue weighted by Crippen LogP contribution is -2.50. The van der Waals surface area contributed by atoms with Crippen LogP contribution < -0.4 is 0 Å². The number of benzene rings is 1. The van der Waals surface area contributed by atoms with Gasteiger partial charge in [0, 0.05) is 32.2 Å². The molecule has 3 fully saturated rings. The molecule has 1 aliphatic carbocycles. The third-order valence-corrected chi connectivity index (χ3v) is 6.61. The van der Waals surface area contributed by atoms with Crippen LogP contribution in [0.2, 0.25) is 0 Å². The summed E-state index contributed by atoms with van der Waals surface area (Å²) in [6, 6.07) is 10.1. The standard InChI is InChI=1S/C22H31NO3/c24-21(14-18-4-2-1-3-5-18)23-11-8-22(9-12-23)10-13-25-16-20(22)17-26-15-19-6-7-19/h1-5,19-20H,6-17H2. The molecule has 1 spiro atoms. The Morgan fingerprint density at radius 2 is 1.88 bits per heavy atom. The van der Waals surface area contributed by atoms with Gasteiger partial charge in [-0.15, -0.1) is 0 Å². The Morgan fingerprint density at radius 3 is 2.62 bits per heavy atom. The molecule has 2 saturated heterocycles. The van der Waals surface area contributed by atoms with Gasteiger partial charge in [0.25, 0.3) is 0 Å². The van der Waals surface area contributed by atoms with E-state index in [-0.39, 0.29) is 5.91 Å². The van der Waals surface area contributed by atoms with Crippen LogP contribution in [0.1, 0.15) is 37.7 Å². The normalized spacial score (nSPS) is 25.4. The summed E-state index contributed by atoms with van der Waals surface area (Å²) < 4.78 is 11.8. The quantitative estimate of drug-likeness (QED) is 0.784. The molecule has 1 atom stereocenters. The van der Waals surface area contributed by atoms with E-state index < -0.39 is 0 Å². The van der Waals surface area contributed by atoms with Crippen LogP contribution in [0, 0.1) is 17.3 Å². The molecule has 2 aliphatic heterocycles. The molecule has 1 amide bonds. The van der Waals surface area contributed by atoms with Gasteiger partial charge < -0.3 is 14.4 Å². The molecule has 1 aromatic carbocycles. The van der Waals surface area contributed by atoms with Crippen LogP contribution in [-0.4, -0.2) is 50.3 Å². The van der Waals surface area contributed by atoms with Crippen molar-refractivity contribution in [2.45, 2.75) is 38.5 Å². The van der Waals surface area contributed by atoms with Crippen LogP contribution in [-0.2, 0) is 20.7 Å². The summed E-state index contributed by atoms with van der Waals surface area (Å²) in [6.07, 6.45) is 6.49. The molecular formula is C22H31NO3. The summed E-state index contributed by atoms with van der Waals surface area (Å²) in [5.41, 5.74) is 1.42. The largest absolute Gasteiger partial charge is 0.381 e. The molecule has 4 heteroatoms. The SMILES string of the molecule is O=C(Cc1ccccc1)N1CCC2(CCOCC2COCC2CC2)CC1. The van der Waals surface area contributed by atoms with E-state index in [2.05, 4.69) is 4.90 Å². The summed E-state index contributed by atoms with van der Waals surface area (Å²) >= 11 is 0. The average Bonchev–Trinajstić information content (AvgIpc) is 3.49. The van der Waals surface area contributed by atoms with Gasteiger partial charge in [0.15, 0.2) is 0 Å². The molecule has 26 heavy (non-hydrogen) atoms. The molecule has 142 valence electrons. The lowest BCUT2D eigenvalue weighted by molar-refractivity contribution is -0.138. The van der Waals surface area contributed by atoms with Crippen molar-refractivity contribution in [2.24, 2.45) is 17.3 Å². The number of amides is 1. The zero-order chi connectivity index (χ0) is 17.8. The Labute approximate surface area is 156 Å². The van der Waals surface area contributed by atoms with E-state index in [1.807, 2.05) is 30.3 Å². The molecular weight excluding hydrogens is 326 g/mol. The number of ether oxygens (including phenoxy) is 2. The second-order valence-corrected chi connectivity index (χ2v) is 8.41. The number of nitrogens with zero attached hydrogens (tertiary/aromatic N) is 1. The van der Waals surface area contributed by atoms with E-state index in [0.717, 1.165) is 70.3 Å². The molecule has 0 radical (unpaired) electrons. The number of rotatable bonds is 6. The van der Waals surface area contributed by atoms with E-state index in [1.54, 1.807) is 0 Å². The second kappa shape index (κ2) is 8.10. The fourth-order valence-electron chi connectivity index (χ4n) is 4.51. The minimum atomic E-state index is 0.264. The van der Waals surface area contributed by atoms with Gasteiger partial charge in [0.2, 0.25) is 5.91 Å². The Kier molecular flexibility index (Phi) is 5.60. The number of carbonyl (C=O) groups is 1.